The number of carbonyl (C=O) groups excluding carboxylic acids is 1. The van der Waals surface area contributed by atoms with Gasteiger partial charge in [0.2, 0.25) is 5.91 Å². The smallest absolute Gasteiger partial charge is 0.326 e. The molecule has 3 N–H and O–H groups in total. The summed E-state index contributed by atoms with van der Waals surface area (Å²) in [5.74, 6) is -1.35. The number of amides is 1. The third-order valence-corrected chi connectivity index (χ3v) is 3.05. The zero-order chi connectivity index (χ0) is 16.8. The number of aliphatic carboxylic acids is 1. The van der Waals surface area contributed by atoms with Crippen LogP contribution < -0.4 is 10.6 Å². The highest BCUT2D eigenvalue weighted by atomic mass is 32.1. The fourth-order valence-corrected chi connectivity index (χ4v) is 2.31. The third kappa shape index (κ3) is 7.84. The lowest BCUT2D eigenvalue weighted by atomic mass is 10.0. The fourth-order valence-electron chi connectivity index (χ4n) is 1.90. The maximum Gasteiger partial charge on any atom is 0.326 e. The quantitative estimate of drug-likeness (QED) is 0.639. The third-order valence-electron chi connectivity index (χ3n) is 2.81. The first-order valence-corrected chi connectivity index (χ1v) is 7.41. The molecule has 0 aliphatic rings. The molecule has 0 saturated heterocycles. The topological polar surface area (TPSA) is 81.7 Å². The van der Waals surface area contributed by atoms with Crippen LogP contribution in [0.15, 0.2) is 0 Å². The molecule has 0 aromatic heterocycles. The Bertz CT molecular complexity index is 391. The summed E-state index contributed by atoms with van der Waals surface area (Å²) in [5.41, 5.74) is -0.142. The highest BCUT2D eigenvalue weighted by Gasteiger charge is 2.29. The number of nitrogens with one attached hydrogen (secondary N) is 2. The number of rotatable bonds is 6. The van der Waals surface area contributed by atoms with Gasteiger partial charge in [-0.3, -0.25) is 4.79 Å². The average molecular weight is 317 g/mol. The molecule has 0 radical (unpaired) electrons. The second-order valence-corrected chi connectivity index (χ2v) is 6.82. The molecule has 6 nitrogen and oxygen atoms in total. The van der Waals surface area contributed by atoms with Gasteiger partial charge in [-0.15, -0.1) is 0 Å². The van der Waals surface area contributed by atoms with Gasteiger partial charge in [-0.25, -0.2) is 4.79 Å². The summed E-state index contributed by atoms with van der Waals surface area (Å²) in [7, 11) is 1.52. The van der Waals surface area contributed by atoms with Crippen molar-refractivity contribution in [3.8, 4) is 0 Å². The minimum absolute atomic E-state index is 0.142. The highest BCUT2D eigenvalue weighted by Crippen LogP contribution is 2.10. The molecule has 0 saturated carbocycles. The molecule has 1 amide bonds. The second kappa shape index (κ2) is 8.17. The van der Waals surface area contributed by atoms with Gasteiger partial charge in [0.1, 0.15) is 6.04 Å². The predicted molar refractivity (Wildman–Crippen MR) is 87.1 cm³/mol. The monoisotopic (exact) mass is 317 g/mol. The van der Waals surface area contributed by atoms with Crippen molar-refractivity contribution in [2.24, 2.45) is 5.92 Å². The Morgan fingerprint density at radius 3 is 2.19 bits per heavy atom. The summed E-state index contributed by atoms with van der Waals surface area (Å²) in [6, 6.07) is -0.808. The first-order valence-electron chi connectivity index (χ1n) is 7.00. The van der Waals surface area contributed by atoms with Crippen LogP contribution in [0.4, 0.5) is 0 Å². The number of thiocarbonyl (C=S) groups is 1. The van der Waals surface area contributed by atoms with E-state index in [0.717, 1.165) is 0 Å². The van der Waals surface area contributed by atoms with Crippen LogP contribution in [0.3, 0.4) is 0 Å². The molecule has 0 aromatic carbocycles. The van der Waals surface area contributed by atoms with E-state index in [-0.39, 0.29) is 23.8 Å². The van der Waals surface area contributed by atoms with E-state index in [9.17, 15) is 9.59 Å². The summed E-state index contributed by atoms with van der Waals surface area (Å²) in [4.78, 5) is 24.5. The van der Waals surface area contributed by atoms with Gasteiger partial charge in [0.15, 0.2) is 5.11 Å². The minimum Gasteiger partial charge on any atom is -0.480 e. The van der Waals surface area contributed by atoms with Crippen LogP contribution >= 0.6 is 12.2 Å². The fraction of sp³-hybridized carbons (Fsp3) is 0.786. The molecule has 0 aromatic rings. The van der Waals surface area contributed by atoms with Crippen LogP contribution in [0.5, 0.6) is 0 Å². The first-order chi connectivity index (χ1) is 9.45. The molecule has 0 heterocycles. The highest BCUT2D eigenvalue weighted by molar-refractivity contribution is 7.80. The Balaban J connectivity index is 4.32. The molecular weight excluding hydrogens is 290 g/mol. The standard InChI is InChI=1S/C14H27N3O3S/c1-9(2)11(12(19)20)17(6)10(18)7-8-15-13(21)16-14(3,4)5/h9,11H,7-8H2,1-6H3,(H,19,20)(H2,15,16,21). The molecule has 0 bridgehead atoms. The number of likely N-dealkylation sites (N-methyl/N-ethyl adjacent to an activating group) is 1. The molecule has 1 unspecified atom stereocenters. The molecule has 7 heteroatoms. The van der Waals surface area contributed by atoms with Crippen LogP contribution in [0, 0.1) is 5.92 Å². The molecule has 122 valence electrons. The summed E-state index contributed by atoms with van der Waals surface area (Å²) in [6.45, 7) is 9.89. The van der Waals surface area contributed by atoms with Gasteiger partial charge in [-0.1, -0.05) is 13.8 Å². The van der Waals surface area contributed by atoms with Gasteiger partial charge >= 0.3 is 5.97 Å². The number of carboxylic acids is 1. The average Bonchev–Trinajstić information content (AvgIpc) is 2.24. The van der Waals surface area contributed by atoms with Crippen molar-refractivity contribution in [2.45, 2.75) is 52.6 Å². The maximum atomic E-state index is 12.0. The predicted octanol–water partition coefficient (Wildman–Crippen LogP) is 1.21. The van der Waals surface area contributed by atoms with Crippen molar-refractivity contribution < 1.29 is 14.7 Å². The van der Waals surface area contributed by atoms with Crippen LogP contribution in [0.2, 0.25) is 0 Å². The van der Waals surface area contributed by atoms with Crippen LogP contribution in [-0.2, 0) is 9.59 Å². The molecular formula is C14H27N3O3S. The molecule has 0 rings (SSSR count). The van der Waals surface area contributed by atoms with Crippen molar-refractivity contribution in [1.29, 1.82) is 0 Å². The summed E-state index contributed by atoms with van der Waals surface area (Å²) in [6.07, 6.45) is 0.193. The number of carboxylic acid groups (broad SMARTS) is 1. The zero-order valence-corrected chi connectivity index (χ0v) is 14.5. The van der Waals surface area contributed by atoms with Gasteiger partial charge in [0.25, 0.3) is 0 Å². The van der Waals surface area contributed by atoms with E-state index in [4.69, 9.17) is 17.3 Å². The van der Waals surface area contributed by atoms with E-state index in [1.54, 1.807) is 13.8 Å². The Hall–Kier alpha value is -1.37. The Morgan fingerprint density at radius 1 is 1.29 bits per heavy atom. The molecule has 21 heavy (non-hydrogen) atoms. The van der Waals surface area contributed by atoms with E-state index in [0.29, 0.717) is 11.7 Å². The molecule has 0 aliphatic carbocycles. The Labute approximate surface area is 132 Å². The van der Waals surface area contributed by atoms with Crippen molar-refractivity contribution in [3.05, 3.63) is 0 Å². The summed E-state index contributed by atoms with van der Waals surface area (Å²) < 4.78 is 0. The SMILES string of the molecule is CC(C)C(C(=O)O)N(C)C(=O)CCNC(=S)NC(C)(C)C. The number of hydrogen-bond acceptors (Lipinski definition) is 3. The molecule has 0 aliphatic heterocycles. The number of nitrogens with zero attached hydrogens (tertiary/aromatic N) is 1. The number of carbonyl (C=O) groups is 2. The van der Waals surface area contributed by atoms with Gasteiger partial charge in [0.05, 0.1) is 0 Å². The van der Waals surface area contributed by atoms with Gasteiger partial charge in [0, 0.05) is 25.6 Å². The van der Waals surface area contributed by atoms with Gasteiger partial charge < -0.3 is 20.6 Å². The van der Waals surface area contributed by atoms with Crippen LogP contribution in [0.1, 0.15) is 41.0 Å². The summed E-state index contributed by atoms with van der Waals surface area (Å²) in [5, 5.41) is 15.7. The molecule has 0 fully saturated rings. The molecule has 1 atom stereocenters. The Morgan fingerprint density at radius 2 is 1.81 bits per heavy atom. The lowest BCUT2D eigenvalue weighted by Crippen LogP contribution is -2.48. The van der Waals surface area contributed by atoms with Gasteiger partial charge in [-0.05, 0) is 38.9 Å². The van der Waals surface area contributed by atoms with Crippen LogP contribution in [0.25, 0.3) is 0 Å². The lowest BCUT2D eigenvalue weighted by Gasteiger charge is -2.28. The summed E-state index contributed by atoms with van der Waals surface area (Å²) >= 11 is 5.11. The van der Waals surface area contributed by atoms with Crippen molar-refractivity contribution in [2.75, 3.05) is 13.6 Å². The largest absolute Gasteiger partial charge is 0.480 e. The van der Waals surface area contributed by atoms with Crippen LogP contribution in [-0.4, -0.2) is 52.2 Å². The Kier molecular flexibility index (Phi) is 7.63. The van der Waals surface area contributed by atoms with E-state index in [1.807, 2.05) is 20.8 Å². The van der Waals surface area contributed by atoms with E-state index >= 15 is 0 Å². The van der Waals surface area contributed by atoms with Crippen molar-refractivity contribution in [3.63, 3.8) is 0 Å². The van der Waals surface area contributed by atoms with E-state index < -0.39 is 12.0 Å². The zero-order valence-electron chi connectivity index (χ0n) is 13.7. The molecule has 0 spiro atoms. The first kappa shape index (κ1) is 19.6. The normalized spacial score (nSPS) is 12.7. The second-order valence-electron chi connectivity index (χ2n) is 6.41. The number of hydrogen-bond donors (Lipinski definition) is 3. The van der Waals surface area contributed by atoms with Crippen molar-refractivity contribution >= 4 is 29.2 Å². The lowest BCUT2D eigenvalue weighted by molar-refractivity contribution is -0.150. The van der Waals surface area contributed by atoms with E-state index in [1.165, 1.54) is 11.9 Å². The van der Waals surface area contributed by atoms with E-state index in [2.05, 4.69) is 10.6 Å². The van der Waals surface area contributed by atoms with Gasteiger partial charge in [-0.2, -0.15) is 0 Å². The van der Waals surface area contributed by atoms with Crippen molar-refractivity contribution in [1.82, 2.24) is 15.5 Å². The maximum absolute atomic E-state index is 12.0. The minimum atomic E-state index is -0.987.